The standard InChI is InChI=1S/C13H19NO2/c1-10-3-4-12(15)11(5-10)6-14-7-13(2)8-16-9-13/h3-5,14-15H,6-9H2,1-2H3. The van der Waals surface area contributed by atoms with Crippen LogP contribution in [0.1, 0.15) is 18.1 Å². The lowest BCUT2D eigenvalue weighted by Crippen LogP contribution is -2.47. The fraction of sp³-hybridized carbons (Fsp3) is 0.538. The van der Waals surface area contributed by atoms with E-state index in [-0.39, 0.29) is 5.41 Å². The van der Waals surface area contributed by atoms with Crippen molar-refractivity contribution in [3.8, 4) is 5.75 Å². The van der Waals surface area contributed by atoms with Crippen molar-refractivity contribution in [2.45, 2.75) is 20.4 Å². The molecule has 1 fully saturated rings. The fourth-order valence-electron chi connectivity index (χ4n) is 1.91. The molecular formula is C13H19NO2. The molecular weight excluding hydrogens is 202 g/mol. The summed E-state index contributed by atoms with van der Waals surface area (Å²) >= 11 is 0. The van der Waals surface area contributed by atoms with E-state index in [2.05, 4.69) is 12.2 Å². The van der Waals surface area contributed by atoms with Crippen molar-refractivity contribution < 1.29 is 9.84 Å². The zero-order valence-corrected chi connectivity index (χ0v) is 9.92. The Hall–Kier alpha value is -1.06. The van der Waals surface area contributed by atoms with Gasteiger partial charge in [-0.3, -0.25) is 0 Å². The number of ether oxygens (including phenoxy) is 1. The van der Waals surface area contributed by atoms with E-state index in [0.29, 0.717) is 12.3 Å². The van der Waals surface area contributed by atoms with Gasteiger partial charge in [0.05, 0.1) is 13.2 Å². The molecule has 1 aliphatic rings. The molecule has 0 bridgehead atoms. The summed E-state index contributed by atoms with van der Waals surface area (Å²) in [6.07, 6.45) is 0. The van der Waals surface area contributed by atoms with E-state index in [0.717, 1.165) is 25.3 Å². The molecule has 16 heavy (non-hydrogen) atoms. The second-order valence-corrected chi connectivity index (χ2v) is 5.04. The molecule has 0 spiro atoms. The molecule has 2 N–H and O–H groups in total. The van der Waals surface area contributed by atoms with Gasteiger partial charge in [-0.1, -0.05) is 24.6 Å². The maximum absolute atomic E-state index is 9.67. The van der Waals surface area contributed by atoms with E-state index in [4.69, 9.17) is 4.74 Å². The lowest BCUT2D eigenvalue weighted by molar-refractivity contribution is -0.0991. The van der Waals surface area contributed by atoms with Crippen molar-refractivity contribution in [1.29, 1.82) is 0 Å². The van der Waals surface area contributed by atoms with E-state index in [1.807, 2.05) is 19.1 Å². The first-order valence-electron chi connectivity index (χ1n) is 5.66. The third-order valence-electron chi connectivity index (χ3n) is 3.00. The summed E-state index contributed by atoms with van der Waals surface area (Å²) < 4.78 is 5.19. The normalized spacial score (nSPS) is 18.1. The molecule has 3 heteroatoms. The summed E-state index contributed by atoms with van der Waals surface area (Å²) in [7, 11) is 0. The topological polar surface area (TPSA) is 41.5 Å². The van der Waals surface area contributed by atoms with E-state index in [1.54, 1.807) is 6.07 Å². The molecule has 1 saturated heterocycles. The Morgan fingerprint density at radius 3 is 2.81 bits per heavy atom. The van der Waals surface area contributed by atoms with Gasteiger partial charge in [0.1, 0.15) is 5.75 Å². The van der Waals surface area contributed by atoms with Crippen LogP contribution in [0.3, 0.4) is 0 Å². The lowest BCUT2D eigenvalue weighted by Gasteiger charge is -2.38. The quantitative estimate of drug-likeness (QED) is 0.815. The minimum absolute atomic E-state index is 0.277. The third-order valence-corrected chi connectivity index (χ3v) is 3.00. The smallest absolute Gasteiger partial charge is 0.120 e. The van der Waals surface area contributed by atoms with Gasteiger partial charge in [0.2, 0.25) is 0 Å². The zero-order valence-electron chi connectivity index (χ0n) is 9.92. The third kappa shape index (κ3) is 2.54. The van der Waals surface area contributed by atoms with Crippen LogP contribution in [-0.2, 0) is 11.3 Å². The van der Waals surface area contributed by atoms with Crippen LogP contribution < -0.4 is 5.32 Å². The summed E-state index contributed by atoms with van der Waals surface area (Å²) in [4.78, 5) is 0. The van der Waals surface area contributed by atoms with Crippen LogP contribution in [0.4, 0.5) is 0 Å². The molecule has 1 heterocycles. The Balaban J connectivity index is 1.87. The van der Waals surface area contributed by atoms with Crippen LogP contribution >= 0.6 is 0 Å². The van der Waals surface area contributed by atoms with Crippen molar-refractivity contribution in [3.63, 3.8) is 0 Å². The minimum atomic E-state index is 0.277. The van der Waals surface area contributed by atoms with Crippen LogP contribution in [-0.4, -0.2) is 24.9 Å². The zero-order chi connectivity index (χ0) is 11.6. The van der Waals surface area contributed by atoms with Crippen molar-refractivity contribution in [1.82, 2.24) is 5.32 Å². The highest BCUT2D eigenvalue weighted by Gasteiger charge is 2.32. The Morgan fingerprint density at radius 2 is 2.19 bits per heavy atom. The first kappa shape index (κ1) is 11.4. The highest BCUT2D eigenvalue weighted by molar-refractivity contribution is 5.35. The summed E-state index contributed by atoms with van der Waals surface area (Å²) in [5.74, 6) is 0.369. The molecule has 0 unspecified atom stereocenters. The van der Waals surface area contributed by atoms with E-state index in [9.17, 15) is 5.11 Å². The van der Waals surface area contributed by atoms with Crippen LogP contribution in [0.5, 0.6) is 5.75 Å². The highest BCUT2D eigenvalue weighted by Crippen LogP contribution is 2.25. The van der Waals surface area contributed by atoms with E-state index < -0.39 is 0 Å². The summed E-state index contributed by atoms with van der Waals surface area (Å²) in [5, 5.41) is 13.0. The van der Waals surface area contributed by atoms with Crippen LogP contribution in [0, 0.1) is 12.3 Å². The number of phenolic OH excluding ortho intramolecular Hbond substituents is 1. The molecule has 0 radical (unpaired) electrons. The number of aryl methyl sites for hydroxylation is 1. The van der Waals surface area contributed by atoms with Gasteiger partial charge >= 0.3 is 0 Å². The SMILES string of the molecule is Cc1ccc(O)c(CNCC2(C)COC2)c1. The van der Waals surface area contributed by atoms with Gasteiger partial charge in [0, 0.05) is 24.1 Å². The van der Waals surface area contributed by atoms with Gasteiger partial charge in [0.15, 0.2) is 0 Å². The van der Waals surface area contributed by atoms with Crippen molar-refractivity contribution in [2.75, 3.05) is 19.8 Å². The number of hydrogen-bond donors (Lipinski definition) is 2. The molecule has 1 aliphatic heterocycles. The number of phenols is 1. The Morgan fingerprint density at radius 1 is 1.44 bits per heavy atom. The Kier molecular flexibility index (Phi) is 3.17. The highest BCUT2D eigenvalue weighted by atomic mass is 16.5. The predicted molar refractivity (Wildman–Crippen MR) is 63.5 cm³/mol. The lowest BCUT2D eigenvalue weighted by atomic mass is 9.89. The van der Waals surface area contributed by atoms with Crippen molar-refractivity contribution in [3.05, 3.63) is 29.3 Å². The van der Waals surface area contributed by atoms with Gasteiger partial charge in [-0.05, 0) is 13.0 Å². The average molecular weight is 221 g/mol. The number of rotatable bonds is 4. The molecule has 2 rings (SSSR count). The first-order chi connectivity index (χ1) is 7.59. The molecule has 0 aliphatic carbocycles. The summed E-state index contributed by atoms with van der Waals surface area (Å²) in [6.45, 7) is 7.55. The van der Waals surface area contributed by atoms with E-state index in [1.165, 1.54) is 5.56 Å². The summed E-state index contributed by atoms with van der Waals surface area (Å²) in [5.41, 5.74) is 2.41. The number of hydrogen-bond acceptors (Lipinski definition) is 3. The van der Waals surface area contributed by atoms with Crippen LogP contribution in [0.15, 0.2) is 18.2 Å². The van der Waals surface area contributed by atoms with Gasteiger partial charge in [0.25, 0.3) is 0 Å². The monoisotopic (exact) mass is 221 g/mol. The summed E-state index contributed by atoms with van der Waals surface area (Å²) in [6, 6.07) is 5.68. The Labute approximate surface area is 96.4 Å². The number of nitrogens with one attached hydrogen (secondary N) is 1. The second kappa shape index (κ2) is 4.44. The number of benzene rings is 1. The molecule has 0 amide bonds. The first-order valence-corrected chi connectivity index (χ1v) is 5.66. The van der Waals surface area contributed by atoms with Crippen LogP contribution in [0.2, 0.25) is 0 Å². The molecule has 0 aromatic heterocycles. The van der Waals surface area contributed by atoms with Gasteiger partial charge in [-0.15, -0.1) is 0 Å². The largest absolute Gasteiger partial charge is 0.508 e. The average Bonchev–Trinajstić information content (AvgIpc) is 2.21. The molecule has 1 aromatic carbocycles. The second-order valence-electron chi connectivity index (χ2n) is 5.04. The van der Waals surface area contributed by atoms with Crippen molar-refractivity contribution >= 4 is 0 Å². The fourth-order valence-corrected chi connectivity index (χ4v) is 1.91. The van der Waals surface area contributed by atoms with Gasteiger partial charge in [-0.2, -0.15) is 0 Å². The van der Waals surface area contributed by atoms with Gasteiger partial charge in [-0.25, -0.2) is 0 Å². The maximum Gasteiger partial charge on any atom is 0.120 e. The molecule has 0 atom stereocenters. The minimum Gasteiger partial charge on any atom is -0.508 e. The molecule has 88 valence electrons. The van der Waals surface area contributed by atoms with Crippen molar-refractivity contribution in [2.24, 2.45) is 5.41 Å². The molecule has 0 saturated carbocycles. The van der Waals surface area contributed by atoms with Crippen LogP contribution in [0.25, 0.3) is 0 Å². The maximum atomic E-state index is 9.67. The number of aromatic hydroxyl groups is 1. The molecule has 3 nitrogen and oxygen atoms in total. The van der Waals surface area contributed by atoms with E-state index >= 15 is 0 Å². The predicted octanol–water partition coefficient (Wildman–Crippen LogP) is 1.83. The van der Waals surface area contributed by atoms with Gasteiger partial charge < -0.3 is 15.2 Å². The Bertz CT molecular complexity index is 372. The molecule has 1 aromatic rings.